The molecule has 3 aromatic rings. The lowest BCUT2D eigenvalue weighted by Crippen LogP contribution is -2.07. The number of hydrogen-bond acceptors (Lipinski definition) is 3. The Morgan fingerprint density at radius 2 is 2.05 bits per heavy atom. The molecule has 0 unspecified atom stereocenters. The van der Waals surface area contributed by atoms with Gasteiger partial charge in [-0.3, -0.25) is 4.79 Å². The number of rotatable bonds is 2. The van der Waals surface area contributed by atoms with Crippen molar-refractivity contribution < 1.29 is 9.90 Å². The SMILES string of the molecule is O=C(O)c1cccc2[nH]c(-c3ccc[nH]c3=O)nc12. The predicted molar refractivity (Wildman–Crippen MR) is 69.1 cm³/mol. The smallest absolute Gasteiger partial charge is 0.337 e. The van der Waals surface area contributed by atoms with Crippen LogP contribution in [0.2, 0.25) is 0 Å². The van der Waals surface area contributed by atoms with E-state index in [1.54, 1.807) is 24.3 Å². The first-order valence-electron chi connectivity index (χ1n) is 5.57. The molecule has 0 radical (unpaired) electrons. The molecule has 94 valence electrons. The number of hydrogen-bond donors (Lipinski definition) is 3. The third-order valence-electron chi connectivity index (χ3n) is 2.82. The van der Waals surface area contributed by atoms with Crippen LogP contribution in [0.4, 0.5) is 0 Å². The van der Waals surface area contributed by atoms with Crippen molar-refractivity contribution in [2.24, 2.45) is 0 Å². The fourth-order valence-electron chi connectivity index (χ4n) is 1.94. The van der Waals surface area contributed by atoms with Gasteiger partial charge in [-0.2, -0.15) is 0 Å². The second-order valence-corrected chi connectivity index (χ2v) is 4.01. The predicted octanol–water partition coefficient (Wildman–Crippen LogP) is 1.62. The molecule has 2 heterocycles. The van der Waals surface area contributed by atoms with E-state index in [1.165, 1.54) is 12.3 Å². The molecule has 0 saturated heterocycles. The minimum atomic E-state index is -1.05. The average Bonchev–Trinajstić information content (AvgIpc) is 2.82. The maximum Gasteiger partial charge on any atom is 0.337 e. The largest absolute Gasteiger partial charge is 0.478 e. The molecule has 19 heavy (non-hydrogen) atoms. The van der Waals surface area contributed by atoms with Gasteiger partial charge in [0.05, 0.1) is 16.6 Å². The third kappa shape index (κ3) is 1.79. The van der Waals surface area contributed by atoms with Crippen LogP contribution in [0.1, 0.15) is 10.4 Å². The Kier molecular flexibility index (Phi) is 2.42. The maximum atomic E-state index is 11.7. The number of fused-ring (bicyclic) bond motifs is 1. The molecule has 0 aliphatic heterocycles. The normalized spacial score (nSPS) is 10.7. The fourth-order valence-corrected chi connectivity index (χ4v) is 1.94. The molecule has 0 bridgehead atoms. The lowest BCUT2D eigenvalue weighted by atomic mass is 10.2. The van der Waals surface area contributed by atoms with Gasteiger partial charge in [-0.15, -0.1) is 0 Å². The van der Waals surface area contributed by atoms with Crippen molar-refractivity contribution in [1.82, 2.24) is 15.0 Å². The molecular formula is C13H9N3O3. The van der Waals surface area contributed by atoms with E-state index in [4.69, 9.17) is 5.11 Å². The molecule has 0 spiro atoms. The molecule has 0 saturated carbocycles. The van der Waals surface area contributed by atoms with E-state index in [2.05, 4.69) is 15.0 Å². The first-order chi connectivity index (χ1) is 9.16. The molecular weight excluding hydrogens is 246 g/mol. The Morgan fingerprint density at radius 1 is 1.21 bits per heavy atom. The second-order valence-electron chi connectivity index (χ2n) is 4.01. The number of aromatic amines is 2. The number of nitrogens with one attached hydrogen (secondary N) is 2. The molecule has 3 rings (SSSR count). The van der Waals surface area contributed by atoms with Gasteiger partial charge in [-0.05, 0) is 24.3 Å². The number of H-pyrrole nitrogens is 2. The van der Waals surface area contributed by atoms with Gasteiger partial charge in [0.2, 0.25) is 0 Å². The minimum Gasteiger partial charge on any atom is -0.478 e. The van der Waals surface area contributed by atoms with Crippen LogP contribution in [0.25, 0.3) is 22.4 Å². The van der Waals surface area contributed by atoms with Gasteiger partial charge in [-0.25, -0.2) is 9.78 Å². The van der Waals surface area contributed by atoms with Crippen LogP contribution in [0, 0.1) is 0 Å². The average molecular weight is 255 g/mol. The minimum absolute atomic E-state index is 0.104. The van der Waals surface area contributed by atoms with Gasteiger partial charge in [0.25, 0.3) is 5.56 Å². The van der Waals surface area contributed by atoms with Crippen LogP contribution >= 0.6 is 0 Å². The topological polar surface area (TPSA) is 98.8 Å². The summed E-state index contributed by atoms with van der Waals surface area (Å²) in [4.78, 5) is 32.5. The Balaban J connectivity index is 2.29. The number of imidazole rings is 1. The number of carboxylic acids is 1. The van der Waals surface area contributed by atoms with Gasteiger partial charge in [-0.1, -0.05) is 6.07 Å². The van der Waals surface area contributed by atoms with Crippen molar-refractivity contribution in [3.8, 4) is 11.4 Å². The third-order valence-corrected chi connectivity index (χ3v) is 2.82. The van der Waals surface area contributed by atoms with Crippen LogP contribution < -0.4 is 5.56 Å². The molecule has 1 aromatic carbocycles. The summed E-state index contributed by atoms with van der Waals surface area (Å²) in [6.07, 6.45) is 1.52. The van der Waals surface area contributed by atoms with E-state index in [1.807, 2.05) is 0 Å². The number of carbonyl (C=O) groups is 1. The zero-order valence-electron chi connectivity index (χ0n) is 9.68. The first-order valence-corrected chi connectivity index (χ1v) is 5.57. The van der Waals surface area contributed by atoms with E-state index >= 15 is 0 Å². The highest BCUT2D eigenvalue weighted by Gasteiger charge is 2.14. The molecule has 6 nitrogen and oxygen atoms in total. The van der Waals surface area contributed by atoms with Crippen LogP contribution in [0.15, 0.2) is 41.3 Å². The molecule has 2 aromatic heterocycles. The summed E-state index contributed by atoms with van der Waals surface area (Å²) in [5, 5.41) is 9.10. The second kappa shape index (κ2) is 4.09. The summed E-state index contributed by atoms with van der Waals surface area (Å²) in [6, 6.07) is 8.13. The molecule has 0 aliphatic rings. The molecule has 0 fully saturated rings. The molecule has 0 amide bonds. The van der Waals surface area contributed by atoms with Crippen molar-refractivity contribution in [3.05, 3.63) is 52.4 Å². The monoisotopic (exact) mass is 255 g/mol. The van der Waals surface area contributed by atoms with E-state index in [0.717, 1.165) is 0 Å². The highest BCUT2D eigenvalue weighted by atomic mass is 16.4. The lowest BCUT2D eigenvalue weighted by molar-refractivity contribution is 0.0699. The zero-order chi connectivity index (χ0) is 13.4. The first kappa shape index (κ1) is 11.2. The van der Waals surface area contributed by atoms with E-state index in [-0.39, 0.29) is 11.1 Å². The van der Waals surface area contributed by atoms with Crippen molar-refractivity contribution in [1.29, 1.82) is 0 Å². The molecule has 6 heteroatoms. The Morgan fingerprint density at radius 3 is 2.79 bits per heavy atom. The van der Waals surface area contributed by atoms with Crippen molar-refractivity contribution in [3.63, 3.8) is 0 Å². The van der Waals surface area contributed by atoms with Gasteiger partial charge < -0.3 is 15.1 Å². The number of pyridine rings is 1. The number of aromatic nitrogens is 3. The number of benzene rings is 1. The Labute approximate surface area is 106 Å². The Hall–Kier alpha value is -2.89. The van der Waals surface area contributed by atoms with Crippen LogP contribution in [-0.2, 0) is 0 Å². The summed E-state index contributed by atoms with van der Waals surface area (Å²) in [7, 11) is 0. The highest BCUT2D eigenvalue weighted by Crippen LogP contribution is 2.20. The Bertz CT molecular complexity index is 832. The highest BCUT2D eigenvalue weighted by molar-refractivity contribution is 6.01. The van der Waals surface area contributed by atoms with Crippen LogP contribution in [-0.4, -0.2) is 26.0 Å². The van der Waals surface area contributed by atoms with E-state index in [0.29, 0.717) is 22.4 Å². The number of aromatic carboxylic acids is 1. The number of carboxylic acid groups (broad SMARTS) is 1. The fraction of sp³-hybridized carbons (Fsp3) is 0. The number of nitrogens with zero attached hydrogens (tertiary/aromatic N) is 1. The quantitative estimate of drug-likeness (QED) is 0.647. The van der Waals surface area contributed by atoms with Gasteiger partial charge in [0.1, 0.15) is 11.3 Å². The standard InChI is InChI=1S/C13H9N3O3/c17-12-8(4-2-6-14-12)11-15-9-5-1-3-7(13(18)19)10(9)16-11/h1-6H,(H,14,17)(H,15,16)(H,18,19). The summed E-state index contributed by atoms with van der Waals surface area (Å²) < 4.78 is 0. The maximum absolute atomic E-state index is 11.7. The summed E-state index contributed by atoms with van der Waals surface area (Å²) in [5.74, 6) is -0.698. The molecule has 0 atom stereocenters. The van der Waals surface area contributed by atoms with Crippen molar-refractivity contribution in [2.45, 2.75) is 0 Å². The zero-order valence-corrected chi connectivity index (χ0v) is 9.68. The molecule has 0 aliphatic carbocycles. The van der Waals surface area contributed by atoms with Crippen LogP contribution in [0.3, 0.4) is 0 Å². The van der Waals surface area contributed by atoms with Crippen LogP contribution in [0.5, 0.6) is 0 Å². The van der Waals surface area contributed by atoms with E-state index in [9.17, 15) is 9.59 Å². The summed E-state index contributed by atoms with van der Waals surface area (Å²) >= 11 is 0. The van der Waals surface area contributed by atoms with Gasteiger partial charge in [0.15, 0.2) is 0 Å². The summed E-state index contributed by atoms with van der Waals surface area (Å²) in [5.41, 5.74) is 1.12. The van der Waals surface area contributed by atoms with Gasteiger partial charge >= 0.3 is 5.97 Å². The van der Waals surface area contributed by atoms with Crippen molar-refractivity contribution >= 4 is 17.0 Å². The summed E-state index contributed by atoms with van der Waals surface area (Å²) in [6.45, 7) is 0. The molecule has 3 N–H and O–H groups in total. The van der Waals surface area contributed by atoms with Gasteiger partial charge in [0, 0.05) is 6.20 Å². The van der Waals surface area contributed by atoms with Crippen molar-refractivity contribution in [2.75, 3.05) is 0 Å². The van der Waals surface area contributed by atoms with E-state index < -0.39 is 5.97 Å². The lowest BCUT2D eigenvalue weighted by Gasteiger charge is -1.93. The number of para-hydroxylation sites is 1.